The highest BCUT2D eigenvalue weighted by Gasteiger charge is 2.44. The summed E-state index contributed by atoms with van der Waals surface area (Å²) < 4.78 is 11.7. The van der Waals surface area contributed by atoms with Gasteiger partial charge in [0, 0.05) is 6.20 Å². The maximum Gasteiger partial charge on any atom is 0.296 e. The number of carbonyl (C=O) groups excluding carboxylic acids is 1. The summed E-state index contributed by atoms with van der Waals surface area (Å²) in [5.41, 5.74) is 2.28. The van der Waals surface area contributed by atoms with Gasteiger partial charge < -0.3 is 9.15 Å². The normalized spacial score (nSPS) is 15.2. The van der Waals surface area contributed by atoms with Crippen LogP contribution in [0.5, 0.6) is 5.75 Å². The molecule has 4 aromatic rings. The number of aryl methyl sites for hydroxylation is 1. The summed E-state index contributed by atoms with van der Waals surface area (Å²) >= 11 is 0. The second-order valence-electron chi connectivity index (χ2n) is 7.86. The van der Waals surface area contributed by atoms with E-state index >= 15 is 0 Å². The van der Waals surface area contributed by atoms with Crippen molar-refractivity contribution < 1.29 is 13.9 Å². The van der Waals surface area contributed by atoms with Crippen LogP contribution >= 0.6 is 0 Å². The molecule has 3 heterocycles. The largest absolute Gasteiger partial charge is 0.494 e. The van der Waals surface area contributed by atoms with Gasteiger partial charge in [-0.25, -0.2) is 4.98 Å². The van der Waals surface area contributed by atoms with Crippen LogP contribution in [0, 0.1) is 6.92 Å². The van der Waals surface area contributed by atoms with Crippen LogP contribution in [0.1, 0.15) is 46.6 Å². The van der Waals surface area contributed by atoms with Crippen molar-refractivity contribution in [3.8, 4) is 5.75 Å². The Hall–Kier alpha value is -3.93. The number of hydrogen-bond acceptors (Lipinski definition) is 5. The van der Waals surface area contributed by atoms with Gasteiger partial charge in [-0.05, 0) is 54.8 Å². The van der Waals surface area contributed by atoms with Crippen molar-refractivity contribution in [2.75, 3.05) is 11.5 Å². The fraction of sp³-hybridized carbons (Fsp3) is 0.192. The number of pyridine rings is 1. The summed E-state index contributed by atoms with van der Waals surface area (Å²) in [6.45, 7) is 4.60. The van der Waals surface area contributed by atoms with E-state index in [9.17, 15) is 9.59 Å². The Labute approximate surface area is 185 Å². The van der Waals surface area contributed by atoms with Gasteiger partial charge in [-0.1, -0.05) is 37.3 Å². The zero-order chi connectivity index (χ0) is 22.2. The number of benzene rings is 2. The van der Waals surface area contributed by atoms with Crippen LogP contribution in [-0.4, -0.2) is 17.5 Å². The van der Waals surface area contributed by atoms with Crippen LogP contribution in [0.3, 0.4) is 0 Å². The predicted molar refractivity (Wildman–Crippen MR) is 122 cm³/mol. The molecule has 0 spiro atoms. The van der Waals surface area contributed by atoms with Crippen LogP contribution in [0.25, 0.3) is 11.0 Å². The molecule has 2 aromatic carbocycles. The Morgan fingerprint density at radius 3 is 2.53 bits per heavy atom. The molecule has 0 saturated carbocycles. The highest BCUT2D eigenvalue weighted by Crippen LogP contribution is 2.40. The lowest BCUT2D eigenvalue weighted by Crippen LogP contribution is -2.30. The molecule has 1 atom stereocenters. The number of amides is 1. The molecule has 0 bridgehead atoms. The van der Waals surface area contributed by atoms with Crippen LogP contribution in [0.4, 0.5) is 5.82 Å². The molecule has 5 rings (SSSR count). The summed E-state index contributed by atoms with van der Waals surface area (Å²) in [5.74, 6) is 0.889. The lowest BCUT2D eigenvalue weighted by molar-refractivity contribution is 0.0970. The van der Waals surface area contributed by atoms with Crippen molar-refractivity contribution >= 4 is 22.7 Å². The van der Waals surface area contributed by atoms with E-state index < -0.39 is 6.04 Å². The Balaban J connectivity index is 1.70. The Morgan fingerprint density at radius 1 is 1.03 bits per heavy atom. The molecule has 0 unspecified atom stereocenters. The molecule has 0 N–H and O–H groups in total. The van der Waals surface area contributed by atoms with Gasteiger partial charge in [0.1, 0.15) is 17.2 Å². The molecular weight excluding hydrogens is 404 g/mol. The van der Waals surface area contributed by atoms with E-state index in [2.05, 4.69) is 4.98 Å². The average molecular weight is 426 g/mol. The van der Waals surface area contributed by atoms with Gasteiger partial charge in [-0.2, -0.15) is 0 Å². The summed E-state index contributed by atoms with van der Waals surface area (Å²) in [6.07, 6.45) is 2.61. The van der Waals surface area contributed by atoms with E-state index in [0.717, 1.165) is 23.3 Å². The molecular formula is C26H22N2O4. The van der Waals surface area contributed by atoms with Crippen molar-refractivity contribution in [2.24, 2.45) is 0 Å². The minimum absolute atomic E-state index is 0.0624. The van der Waals surface area contributed by atoms with Gasteiger partial charge in [0.05, 0.1) is 23.6 Å². The third kappa shape index (κ3) is 3.24. The number of nitrogens with zero attached hydrogens (tertiary/aromatic N) is 2. The number of aromatic nitrogens is 1. The first-order valence-electron chi connectivity index (χ1n) is 10.6. The van der Waals surface area contributed by atoms with E-state index in [1.807, 2.05) is 44.2 Å². The van der Waals surface area contributed by atoms with E-state index in [1.54, 1.807) is 36.5 Å². The number of fused-ring (bicyclic) bond motifs is 2. The summed E-state index contributed by atoms with van der Waals surface area (Å²) in [6, 6.07) is 17.5. The second-order valence-corrected chi connectivity index (χ2v) is 7.86. The van der Waals surface area contributed by atoms with E-state index in [4.69, 9.17) is 9.15 Å². The number of para-hydroxylation sites is 1. The Kier molecular flexibility index (Phi) is 4.98. The molecule has 160 valence electrons. The molecule has 0 aliphatic carbocycles. The summed E-state index contributed by atoms with van der Waals surface area (Å²) in [5, 5.41) is 0.450. The molecule has 6 heteroatoms. The smallest absolute Gasteiger partial charge is 0.296 e. The first-order chi connectivity index (χ1) is 15.6. The van der Waals surface area contributed by atoms with Crippen molar-refractivity contribution in [2.45, 2.75) is 26.3 Å². The van der Waals surface area contributed by atoms with Gasteiger partial charge in [0.15, 0.2) is 5.43 Å². The molecule has 2 aromatic heterocycles. The monoisotopic (exact) mass is 426 g/mol. The van der Waals surface area contributed by atoms with Crippen molar-refractivity contribution in [1.82, 2.24) is 4.98 Å². The lowest BCUT2D eigenvalue weighted by atomic mass is 9.98. The van der Waals surface area contributed by atoms with Crippen molar-refractivity contribution in [3.05, 3.63) is 99.5 Å². The lowest BCUT2D eigenvalue weighted by Gasteiger charge is -2.24. The van der Waals surface area contributed by atoms with E-state index in [-0.39, 0.29) is 17.1 Å². The van der Waals surface area contributed by atoms with Crippen LogP contribution < -0.4 is 15.1 Å². The number of carbonyl (C=O) groups is 1. The first-order valence-corrected chi connectivity index (χ1v) is 10.6. The second kappa shape index (κ2) is 7.96. The van der Waals surface area contributed by atoms with Crippen LogP contribution in [0.15, 0.2) is 76.1 Å². The minimum atomic E-state index is -0.645. The molecule has 32 heavy (non-hydrogen) atoms. The molecule has 1 aliphatic heterocycles. The third-order valence-electron chi connectivity index (χ3n) is 5.59. The third-order valence-corrected chi connectivity index (χ3v) is 5.59. The maximum absolute atomic E-state index is 13.5. The standard InChI is InChI=1S/C26H22N2O4/c1-3-14-31-18-11-9-17(10-12-18)23-22-24(29)19-6-4-5-7-20(19)32-25(22)26(30)28(23)21-13-8-16(2)15-27-21/h4-13,15,23H,3,14H2,1-2H3/t23-/m0/s1. The van der Waals surface area contributed by atoms with Crippen LogP contribution in [0.2, 0.25) is 0 Å². The van der Waals surface area contributed by atoms with Gasteiger partial charge in [0.2, 0.25) is 5.76 Å². The van der Waals surface area contributed by atoms with Crippen molar-refractivity contribution in [1.29, 1.82) is 0 Å². The highest BCUT2D eigenvalue weighted by molar-refractivity contribution is 6.10. The van der Waals surface area contributed by atoms with Gasteiger partial charge in [-0.15, -0.1) is 0 Å². The fourth-order valence-corrected chi connectivity index (χ4v) is 4.04. The molecule has 0 fully saturated rings. The van der Waals surface area contributed by atoms with E-state index in [1.165, 1.54) is 4.90 Å². The highest BCUT2D eigenvalue weighted by atomic mass is 16.5. The van der Waals surface area contributed by atoms with Crippen molar-refractivity contribution in [3.63, 3.8) is 0 Å². The topological polar surface area (TPSA) is 72.6 Å². The molecule has 1 aliphatic rings. The SMILES string of the molecule is CCCOc1ccc([C@H]2c3c(oc4ccccc4c3=O)C(=O)N2c2ccc(C)cn2)cc1. The molecule has 1 amide bonds. The predicted octanol–water partition coefficient (Wildman–Crippen LogP) is 5.04. The molecule has 0 radical (unpaired) electrons. The number of hydrogen-bond donors (Lipinski definition) is 0. The summed E-state index contributed by atoms with van der Waals surface area (Å²) in [4.78, 5) is 33.0. The van der Waals surface area contributed by atoms with Gasteiger partial charge in [0.25, 0.3) is 5.91 Å². The molecule has 0 saturated heterocycles. The average Bonchev–Trinajstić information content (AvgIpc) is 3.11. The zero-order valence-corrected chi connectivity index (χ0v) is 17.9. The first kappa shape index (κ1) is 20.0. The minimum Gasteiger partial charge on any atom is -0.494 e. The maximum atomic E-state index is 13.5. The molecule has 6 nitrogen and oxygen atoms in total. The number of ether oxygens (including phenoxy) is 1. The van der Waals surface area contributed by atoms with E-state index in [0.29, 0.717) is 29.0 Å². The van der Waals surface area contributed by atoms with Gasteiger partial charge >= 0.3 is 0 Å². The fourth-order valence-electron chi connectivity index (χ4n) is 4.04. The number of anilines is 1. The Bertz CT molecular complexity index is 1360. The quantitative estimate of drug-likeness (QED) is 0.447. The summed E-state index contributed by atoms with van der Waals surface area (Å²) in [7, 11) is 0. The number of rotatable bonds is 5. The zero-order valence-electron chi connectivity index (χ0n) is 17.9. The van der Waals surface area contributed by atoms with Gasteiger partial charge in [-0.3, -0.25) is 14.5 Å². The Morgan fingerprint density at radius 2 is 1.81 bits per heavy atom. The van der Waals surface area contributed by atoms with Crippen LogP contribution in [-0.2, 0) is 0 Å².